The van der Waals surface area contributed by atoms with E-state index in [1.165, 1.54) is 38.2 Å². The molecule has 0 radical (unpaired) electrons. The number of carbonyl (C=O) groups is 1. The van der Waals surface area contributed by atoms with Crippen LogP contribution in [0.3, 0.4) is 0 Å². The SMILES string of the molecule is CC(C)C(Oc1cc(C(=O)O)c2c(c1F)CCCC2)OC1C2CC3CC(C2)CC1C3. The minimum atomic E-state index is -1.01. The Labute approximate surface area is 178 Å². The fourth-order valence-corrected chi connectivity index (χ4v) is 6.85. The monoisotopic (exact) mass is 416 g/mol. The van der Waals surface area contributed by atoms with E-state index in [1.54, 1.807) is 0 Å². The maximum atomic E-state index is 15.3. The molecule has 1 aromatic carbocycles. The second-order valence-electron chi connectivity index (χ2n) is 10.5. The van der Waals surface area contributed by atoms with Crippen molar-refractivity contribution in [2.75, 3.05) is 0 Å². The molecule has 4 fully saturated rings. The molecule has 1 atom stereocenters. The summed E-state index contributed by atoms with van der Waals surface area (Å²) in [6.07, 6.45) is 8.97. The zero-order chi connectivity index (χ0) is 21.0. The van der Waals surface area contributed by atoms with Gasteiger partial charge >= 0.3 is 5.97 Å². The Kier molecular flexibility index (Phi) is 5.29. The van der Waals surface area contributed by atoms with Crippen LogP contribution in [-0.4, -0.2) is 23.5 Å². The van der Waals surface area contributed by atoms with Crippen molar-refractivity contribution < 1.29 is 23.8 Å². The van der Waals surface area contributed by atoms with E-state index in [0.29, 0.717) is 35.8 Å². The normalized spacial score (nSPS) is 32.9. The zero-order valence-corrected chi connectivity index (χ0v) is 18.0. The number of hydrogen-bond donors (Lipinski definition) is 1. The predicted molar refractivity (Wildman–Crippen MR) is 111 cm³/mol. The Morgan fingerprint density at radius 1 is 1.03 bits per heavy atom. The molecule has 0 heterocycles. The van der Waals surface area contributed by atoms with Crippen LogP contribution in [-0.2, 0) is 17.6 Å². The van der Waals surface area contributed by atoms with Gasteiger partial charge in [0.05, 0.1) is 11.7 Å². The molecule has 0 aliphatic heterocycles. The van der Waals surface area contributed by atoms with Crippen LogP contribution in [0.25, 0.3) is 0 Å². The smallest absolute Gasteiger partial charge is 0.336 e. The molecule has 0 amide bonds. The van der Waals surface area contributed by atoms with Crippen molar-refractivity contribution in [1.82, 2.24) is 0 Å². The Morgan fingerprint density at radius 3 is 2.20 bits per heavy atom. The summed E-state index contributed by atoms with van der Waals surface area (Å²) in [5.41, 5.74) is 1.34. The minimum Gasteiger partial charge on any atom is -0.478 e. The number of benzene rings is 1. The first-order chi connectivity index (χ1) is 14.4. The lowest BCUT2D eigenvalue weighted by molar-refractivity contribution is -0.211. The van der Waals surface area contributed by atoms with Crippen LogP contribution in [0.1, 0.15) is 80.3 Å². The molecule has 5 aliphatic carbocycles. The average Bonchev–Trinajstić information content (AvgIpc) is 2.70. The summed E-state index contributed by atoms with van der Waals surface area (Å²) in [5, 5.41) is 9.69. The van der Waals surface area contributed by atoms with Gasteiger partial charge in [-0.3, -0.25) is 0 Å². The van der Waals surface area contributed by atoms with Crippen molar-refractivity contribution in [2.45, 2.75) is 84.0 Å². The third-order valence-corrected chi connectivity index (χ3v) is 8.00. The summed E-state index contributed by atoms with van der Waals surface area (Å²) in [5.74, 6) is 1.59. The molecule has 164 valence electrons. The van der Waals surface area contributed by atoms with Crippen LogP contribution in [0.15, 0.2) is 6.07 Å². The zero-order valence-electron chi connectivity index (χ0n) is 18.0. The average molecular weight is 417 g/mol. The maximum Gasteiger partial charge on any atom is 0.336 e. The third kappa shape index (κ3) is 3.53. The fourth-order valence-electron chi connectivity index (χ4n) is 6.85. The van der Waals surface area contributed by atoms with Crippen molar-refractivity contribution in [1.29, 1.82) is 0 Å². The molecule has 1 unspecified atom stereocenters. The van der Waals surface area contributed by atoms with Gasteiger partial charge in [0.1, 0.15) is 0 Å². The number of hydrogen-bond acceptors (Lipinski definition) is 3. The lowest BCUT2D eigenvalue weighted by Gasteiger charge is -2.54. The van der Waals surface area contributed by atoms with Crippen molar-refractivity contribution in [2.24, 2.45) is 29.6 Å². The van der Waals surface area contributed by atoms with Crippen molar-refractivity contribution in [3.8, 4) is 5.75 Å². The van der Waals surface area contributed by atoms with Gasteiger partial charge in [0, 0.05) is 5.92 Å². The number of rotatable bonds is 6. The van der Waals surface area contributed by atoms with E-state index in [9.17, 15) is 9.90 Å². The number of aromatic carboxylic acids is 1. The highest BCUT2D eigenvalue weighted by Gasteiger charge is 2.49. The highest BCUT2D eigenvalue weighted by molar-refractivity contribution is 5.90. The molecule has 5 heteroatoms. The number of carboxylic acids is 1. The molecular weight excluding hydrogens is 383 g/mol. The van der Waals surface area contributed by atoms with Gasteiger partial charge in [-0.05, 0) is 98.7 Å². The third-order valence-electron chi connectivity index (χ3n) is 8.00. The minimum absolute atomic E-state index is 0.0376. The molecular formula is C25H33FO4. The first kappa shape index (κ1) is 20.3. The number of ether oxygens (including phenoxy) is 2. The van der Waals surface area contributed by atoms with Crippen LogP contribution >= 0.6 is 0 Å². The first-order valence-corrected chi connectivity index (χ1v) is 11.8. The molecule has 0 spiro atoms. The van der Waals surface area contributed by atoms with Crippen LogP contribution in [0, 0.1) is 35.4 Å². The van der Waals surface area contributed by atoms with Crippen LogP contribution in [0.5, 0.6) is 5.75 Å². The first-order valence-electron chi connectivity index (χ1n) is 11.8. The quantitative estimate of drug-likeness (QED) is 0.613. The lowest BCUT2D eigenvalue weighted by Crippen LogP contribution is -2.51. The molecule has 6 rings (SSSR count). The summed E-state index contributed by atoms with van der Waals surface area (Å²) < 4.78 is 28.0. The Hall–Kier alpha value is -1.62. The largest absolute Gasteiger partial charge is 0.478 e. The van der Waals surface area contributed by atoms with Gasteiger partial charge in [-0.15, -0.1) is 0 Å². The summed E-state index contributed by atoms with van der Waals surface area (Å²) in [6.45, 7) is 4.05. The molecule has 1 aromatic rings. The maximum absolute atomic E-state index is 15.3. The van der Waals surface area contributed by atoms with Crippen molar-refractivity contribution >= 4 is 5.97 Å². The fraction of sp³-hybridized carbons (Fsp3) is 0.720. The Morgan fingerprint density at radius 2 is 1.63 bits per heavy atom. The molecule has 0 saturated heterocycles. The van der Waals surface area contributed by atoms with Crippen LogP contribution in [0.4, 0.5) is 4.39 Å². The van der Waals surface area contributed by atoms with E-state index in [1.807, 2.05) is 13.8 Å². The van der Waals surface area contributed by atoms with Crippen LogP contribution < -0.4 is 4.74 Å². The topological polar surface area (TPSA) is 55.8 Å². The van der Waals surface area contributed by atoms with Gasteiger partial charge in [0.2, 0.25) is 6.29 Å². The summed E-state index contributed by atoms with van der Waals surface area (Å²) in [6, 6.07) is 1.39. The second-order valence-corrected chi connectivity index (χ2v) is 10.5. The molecule has 30 heavy (non-hydrogen) atoms. The van der Waals surface area contributed by atoms with E-state index in [4.69, 9.17) is 9.47 Å². The molecule has 4 bridgehead atoms. The van der Waals surface area contributed by atoms with Gasteiger partial charge in [-0.1, -0.05) is 13.8 Å². The van der Waals surface area contributed by atoms with E-state index in [0.717, 1.165) is 24.7 Å². The number of halogens is 1. The molecule has 4 nitrogen and oxygen atoms in total. The van der Waals surface area contributed by atoms with Gasteiger partial charge in [0.25, 0.3) is 0 Å². The standard InChI is InChI=1S/C25H33FO4/c1-13(2)25(30-23-16-8-14-7-15(10-16)11-17(23)9-14)29-21-12-20(24(27)28)18-5-3-4-6-19(18)22(21)26/h12-17,23,25H,3-11H2,1-2H3,(H,27,28). The summed E-state index contributed by atoms with van der Waals surface area (Å²) in [4.78, 5) is 11.8. The predicted octanol–water partition coefficient (Wildman–Crippen LogP) is 5.60. The van der Waals surface area contributed by atoms with Gasteiger partial charge in [-0.25, -0.2) is 9.18 Å². The van der Waals surface area contributed by atoms with Crippen molar-refractivity contribution in [3.63, 3.8) is 0 Å². The van der Waals surface area contributed by atoms with E-state index >= 15 is 4.39 Å². The van der Waals surface area contributed by atoms with E-state index in [-0.39, 0.29) is 23.3 Å². The number of fused-ring (bicyclic) bond motifs is 1. The number of carboxylic acid groups (broad SMARTS) is 1. The Bertz CT molecular complexity index is 805. The molecule has 1 N–H and O–H groups in total. The summed E-state index contributed by atoms with van der Waals surface area (Å²) >= 11 is 0. The van der Waals surface area contributed by atoms with Crippen LogP contribution in [0.2, 0.25) is 0 Å². The van der Waals surface area contributed by atoms with Crippen molar-refractivity contribution in [3.05, 3.63) is 28.6 Å². The van der Waals surface area contributed by atoms with Gasteiger partial charge in [0.15, 0.2) is 11.6 Å². The van der Waals surface area contributed by atoms with E-state index in [2.05, 4.69) is 0 Å². The highest BCUT2D eigenvalue weighted by atomic mass is 19.1. The molecule has 0 aromatic heterocycles. The lowest BCUT2D eigenvalue weighted by atomic mass is 9.55. The summed E-state index contributed by atoms with van der Waals surface area (Å²) in [7, 11) is 0. The molecule has 4 saturated carbocycles. The second kappa shape index (κ2) is 7.81. The Balaban J connectivity index is 1.40. The molecule has 5 aliphatic rings. The van der Waals surface area contributed by atoms with E-state index < -0.39 is 18.1 Å². The van der Waals surface area contributed by atoms with Gasteiger partial charge < -0.3 is 14.6 Å². The van der Waals surface area contributed by atoms with Gasteiger partial charge in [-0.2, -0.15) is 0 Å². The highest BCUT2D eigenvalue weighted by Crippen LogP contribution is 2.55.